The monoisotopic (exact) mass is 286 g/mol. The van der Waals surface area contributed by atoms with Gasteiger partial charge in [-0.15, -0.1) is 0 Å². The second kappa shape index (κ2) is 6.18. The Balaban J connectivity index is 1.72. The van der Waals surface area contributed by atoms with Crippen molar-refractivity contribution in [3.05, 3.63) is 36.0 Å². The van der Waals surface area contributed by atoms with E-state index in [0.717, 1.165) is 24.0 Å². The third kappa shape index (κ3) is 3.03. The van der Waals surface area contributed by atoms with Crippen LogP contribution in [0.25, 0.3) is 10.9 Å². The van der Waals surface area contributed by atoms with Crippen molar-refractivity contribution in [1.29, 1.82) is 0 Å². The maximum atomic E-state index is 8.79. The Morgan fingerprint density at radius 1 is 1.19 bits per heavy atom. The van der Waals surface area contributed by atoms with E-state index >= 15 is 0 Å². The van der Waals surface area contributed by atoms with E-state index in [1.807, 2.05) is 18.2 Å². The van der Waals surface area contributed by atoms with Crippen LogP contribution >= 0.6 is 0 Å². The van der Waals surface area contributed by atoms with E-state index in [0.29, 0.717) is 0 Å². The molecular formula is C16H22N4O. The number of oxime groups is 1. The predicted molar refractivity (Wildman–Crippen MR) is 84.7 cm³/mol. The third-order valence-corrected chi connectivity index (χ3v) is 4.25. The lowest BCUT2D eigenvalue weighted by molar-refractivity contribution is 0.318. The van der Waals surface area contributed by atoms with Crippen LogP contribution in [0.5, 0.6) is 0 Å². The lowest BCUT2D eigenvalue weighted by Crippen LogP contribution is -2.21. The van der Waals surface area contributed by atoms with E-state index in [2.05, 4.69) is 26.9 Å². The molecule has 0 aliphatic carbocycles. The van der Waals surface area contributed by atoms with Gasteiger partial charge in [-0.2, -0.15) is 0 Å². The molecule has 0 bridgehead atoms. The van der Waals surface area contributed by atoms with Crippen LogP contribution in [-0.4, -0.2) is 40.1 Å². The van der Waals surface area contributed by atoms with Crippen molar-refractivity contribution in [2.75, 3.05) is 19.6 Å². The van der Waals surface area contributed by atoms with Gasteiger partial charge in [-0.05, 0) is 56.4 Å². The van der Waals surface area contributed by atoms with E-state index in [-0.39, 0.29) is 5.84 Å². The number of fused-ring (bicyclic) bond motifs is 1. The van der Waals surface area contributed by atoms with Crippen LogP contribution in [0, 0.1) is 0 Å². The highest BCUT2D eigenvalue weighted by Crippen LogP contribution is 2.18. The first kappa shape index (κ1) is 13.9. The third-order valence-electron chi connectivity index (χ3n) is 4.25. The van der Waals surface area contributed by atoms with Gasteiger partial charge in [0.1, 0.15) is 0 Å². The van der Waals surface area contributed by atoms with Crippen LogP contribution in [0.2, 0.25) is 0 Å². The number of aryl methyl sites for hydroxylation is 1. The fourth-order valence-corrected chi connectivity index (χ4v) is 3.07. The normalized spacial score (nSPS) is 16.9. The largest absolute Gasteiger partial charge is 0.409 e. The van der Waals surface area contributed by atoms with Crippen LogP contribution in [-0.2, 0) is 6.54 Å². The van der Waals surface area contributed by atoms with E-state index in [1.54, 1.807) is 0 Å². The SMILES string of the molecule is N/C(=N/O)c1ccc2ccn(CCCN3CCCC3)c2c1. The summed E-state index contributed by atoms with van der Waals surface area (Å²) in [4.78, 5) is 2.54. The van der Waals surface area contributed by atoms with Gasteiger partial charge >= 0.3 is 0 Å². The molecule has 112 valence electrons. The first-order valence-corrected chi connectivity index (χ1v) is 7.57. The van der Waals surface area contributed by atoms with Gasteiger partial charge in [-0.25, -0.2) is 0 Å². The highest BCUT2D eigenvalue weighted by Gasteiger charge is 2.11. The lowest BCUT2D eigenvalue weighted by Gasteiger charge is -2.14. The molecule has 0 saturated carbocycles. The average Bonchev–Trinajstić information content (AvgIpc) is 3.16. The number of hydrogen-bond acceptors (Lipinski definition) is 3. The van der Waals surface area contributed by atoms with E-state index < -0.39 is 0 Å². The predicted octanol–water partition coefficient (Wildman–Crippen LogP) is 2.22. The lowest BCUT2D eigenvalue weighted by atomic mass is 10.1. The molecule has 1 fully saturated rings. The number of likely N-dealkylation sites (tertiary alicyclic amines) is 1. The minimum absolute atomic E-state index is 0.154. The summed E-state index contributed by atoms with van der Waals surface area (Å²) in [6, 6.07) is 7.99. The fourth-order valence-electron chi connectivity index (χ4n) is 3.07. The van der Waals surface area contributed by atoms with E-state index in [9.17, 15) is 0 Å². The summed E-state index contributed by atoms with van der Waals surface area (Å²) < 4.78 is 2.25. The molecule has 3 N–H and O–H groups in total. The Kier molecular flexibility index (Phi) is 4.10. The molecule has 1 saturated heterocycles. The van der Waals surface area contributed by atoms with Crippen molar-refractivity contribution in [2.45, 2.75) is 25.8 Å². The van der Waals surface area contributed by atoms with Crippen molar-refractivity contribution in [3.8, 4) is 0 Å². The fraction of sp³-hybridized carbons (Fsp3) is 0.438. The Labute approximate surface area is 124 Å². The molecule has 3 rings (SSSR count). The van der Waals surface area contributed by atoms with Gasteiger partial charge in [0.2, 0.25) is 0 Å². The summed E-state index contributed by atoms with van der Waals surface area (Å²) in [6.45, 7) is 4.67. The Hall–Kier alpha value is -2.01. The van der Waals surface area contributed by atoms with Gasteiger partial charge < -0.3 is 20.4 Å². The molecule has 2 aromatic rings. The molecule has 21 heavy (non-hydrogen) atoms. The van der Waals surface area contributed by atoms with Gasteiger partial charge in [0.25, 0.3) is 0 Å². The highest BCUT2D eigenvalue weighted by molar-refractivity contribution is 6.00. The Morgan fingerprint density at radius 3 is 2.76 bits per heavy atom. The summed E-state index contributed by atoms with van der Waals surface area (Å²) in [5.74, 6) is 0.154. The van der Waals surface area contributed by atoms with Crippen LogP contribution in [0.4, 0.5) is 0 Å². The number of amidine groups is 1. The Morgan fingerprint density at radius 2 is 2.00 bits per heavy atom. The summed E-state index contributed by atoms with van der Waals surface area (Å²) in [5.41, 5.74) is 7.56. The van der Waals surface area contributed by atoms with Gasteiger partial charge in [0.15, 0.2) is 5.84 Å². The van der Waals surface area contributed by atoms with Crippen molar-refractivity contribution < 1.29 is 5.21 Å². The number of nitrogens with zero attached hydrogens (tertiary/aromatic N) is 3. The maximum Gasteiger partial charge on any atom is 0.170 e. The van der Waals surface area contributed by atoms with Gasteiger partial charge in [-0.1, -0.05) is 17.3 Å². The topological polar surface area (TPSA) is 66.8 Å². The number of rotatable bonds is 5. The van der Waals surface area contributed by atoms with Crippen molar-refractivity contribution in [2.24, 2.45) is 10.9 Å². The van der Waals surface area contributed by atoms with E-state index in [4.69, 9.17) is 10.9 Å². The number of aromatic nitrogens is 1. The minimum atomic E-state index is 0.154. The van der Waals surface area contributed by atoms with Crippen molar-refractivity contribution >= 4 is 16.7 Å². The maximum absolute atomic E-state index is 8.79. The molecule has 1 aliphatic heterocycles. The number of hydrogen-bond donors (Lipinski definition) is 2. The second-order valence-electron chi connectivity index (χ2n) is 5.67. The van der Waals surface area contributed by atoms with Gasteiger partial charge in [0, 0.05) is 23.8 Å². The molecule has 0 spiro atoms. The zero-order chi connectivity index (χ0) is 14.7. The zero-order valence-electron chi connectivity index (χ0n) is 12.2. The molecule has 2 heterocycles. The summed E-state index contributed by atoms with van der Waals surface area (Å²) in [7, 11) is 0. The molecule has 0 radical (unpaired) electrons. The van der Waals surface area contributed by atoms with E-state index in [1.165, 1.54) is 37.9 Å². The molecule has 0 atom stereocenters. The summed E-state index contributed by atoms with van der Waals surface area (Å²) in [5, 5.41) is 13.1. The molecule has 1 aliphatic rings. The molecule has 5 nitrogen and oxygen atoms in total. The first-order valence-electron chi connectivity index (χ1n) is 7.57. The van der Waals surface area contributed by atoms with Crippen LogP contribution in [0.1, 0.15) is 24.8 Å². The average molecular weight is 286 g/mol. The second-order valence-corrected chi connectivity index (χ2v) is 5.67. The highest BCUT2D eigenvalue weighted by atomic mass is 16.4. The standard InChI is InChI=1S/C16H22N4O/c17-16(18-21)14-5-4-13-6-11-20(15(13)12-14)10-3-9-19-7-1-2-8-19/h4-6,11-12,21H,1-3,7-10H2,(H2,17,18). The molecule has 0 amide bonds. The van der Waals surface area contributed by atoms with Crippen molar-refractivity contribution in [1.82, 2.24) is 9.47 Å². The summed E-state index contributed by atoms with van der Waals surface area (Å²) in [6.07, 6.45) is 5.95. The molecule has 5 heteroatoms. The van der Waals surface area contributed by atoms with Crippen molar-refractivity contribution in [3.63, 3.8) is 0 Å². The van der Waals surface area contributed by atoms with Crippen LogP contribution in [0.3, 0.4) is 0 Å². The number of nitrogens with two attached hydrogens (primary N) is 1. The minimum Gasteiger partial charge on any atom is -0.409 e. The smallest absolute Gasteiger partial charge is 0.170 e. The van der Waals surface area contributed by atoms with Crippen LogP contribution < -0.4 is 5.73 Å². The molecular weight excluding hydrogens is 264 g/mol. The van der Waals surface area contributed by atoms with Gasteiger partial charge in [-0.3, -0.25) is 0 Å². The molecule has 1 aromatic heterocycles. The molecule has 1 aromatic carbocycles. The first-order chi connectivity index (χ1) is 10.3. The Bertz CT molecular complexity index is 641. The van der Waals surface area contributed by atoms with Gasteiger partial charge in [0.05, 0.1) is 0 Å². The quantitative estimate of drug-likeness (QED) is 0.383. The zero-order valence-corrected chi connectivity index (χ0v) is 12.2. The molecule has 0 unspecified atom stereocenters. The summed E-state index contributed by atoms with van der Waals surface area (Å²) >= 11 is 0. The van der Waals surface area contributed by atoms with Crippen LogP contribution in [0.15, 0.2) is 35.6 Å². The number of benzene rings is 1.